The molecule has 3 atom stereocenters. The molecule has 2 aliphatic rings. The summed E-state index contributed by atoms with van der Waals surface area (Å²) in [5.74, 6) is -0.189. The van der Waals surface area contributed by atoms with Crippen molar-refractivity contribution in [2.45, 2.75) is 70.4 Å². The maximum atomic E-state index is 10.8. The summed E-state index contributed by atoms with van der Waals surface area (Å²) in [7, 11) is 0. The molecule has 0 bridgehead atoms. The highest BCUT2D eigenvalue weighted by Gasteiger charge is 2.25. The highest BCUT2D eigenvalue weighted by atomic mass is 16.5. The molecule has 2 rings (SSSR count). The fourth-order valence-corrected chi connectivity index (χ4v) is 3.55. The molecule has 24 heavy (non-hydrogen) atoms. The summed E-state index contributed by atoms with van der Waals surface area (Å²) < 4.78 is 5.84. The van der Waals surface area contributed by atoms with Gasteiger partial charge in [0.05, 0.1) is 6.10 Å². The lowest BCUT2D eigenvalue weighted by Crippen LogP contribution is -2.30. The lowest BCUT2D eigenvalue weighted by molar-refractivity contribution is -0.138. The minimum atomic E-state index is -0.947. The maximum absolute atomic E-state index is 10.8. The van der Waals surface area contributed by atoms with E-state index >= 15 is 0 Å². The van der Waals surface area contributed by atoms with Crippen LogP contribution < -0.4 is 5.73 Å². The number of hydrogen-bond acceptors (Lipinski definition) is 3. The van der Waals surface area contributed by atoms with Gasteiger partial charge in [-0.05, 0) is 50.0 Å². The molecular weight excluding hydrogens is 302 g/mol. The van der Waals surface area contributed by atoms with E-state index in [1.165, 1.54) is 37.7 Å². The van der Waals surface area contributed by atoms with Gasteiger partial charge in [-0.1, -0.05) is 49.6 Å². The average Bonchev–Trinajstić information content (AvgIpc) is 2.91. The van der Waals surface area contributed by atoms with E-state index in [-0.39, 0.29) is 0 Å². The molecule has 0 aromatic heterocycles. The molecule has 3 unspecified atom stereocenters. The van der Waals surface area contributed by atoms with Crippen molar-refractivity contribution in [2.24, 2.45) is 11.7 Å². The molecule has 0 radical (unpaired) electrons. The molecule has 134 valence electrons. The first-order chi connectivity index (χ1) is 11.6. The number of carbonyl (C=O) groups is 1. The van der Waals surface area contributed by atoms with E-state index in [0.717, 1.165) is 30.9 Å². The van der Waals surface area contributed by atoms with Crippen molar-refractivity contribution in [1.82, 2.24) is 0 Å². The maximum Gasteiger partial charge on any atom is 0.320 e. The first-order valence-electron chi connectivity index (χ1n) is 9.25. The number of aliphatic carboxylic acids is 1. The lowest BCUT2D eigenvalue weighted by Gasteiger charge is -2.16. The monoisotopic (exact) mass is 333 g/mol. The van der Waals surface area contributed by atoms with Gasteiger partial charge in [0.25, 0.3) is 0 Å². The van der Waals surface area contributed by atoms with Crippen LogP contribution in [-0.4, -0.2) is 29.8 Å². The number of unbranched alkanes of at least 4 members (excludes halogenated alkanes) is 1. The van der Waals surface area contributed by atoms with Gasteiger partial charge >= 0.3 is 5.97 Å². The minimum Gasteiger partial charge on any atom is -0.480 e. The van der Waals surface area contributed by atoms with E-state index in [1.807, 2.05) is 12.2 Å². The number of carboxylic acids is 1. The third-order valence-corrected chi connectivity index (χ3v) is 5.13. The van der Waals surface area contributed by atoms with Crippen LogP contribution in [0.1, 0.15) is 58.3 Å². The Morgan fingerprint density at radius 2 is 2.25 bits per heavy atom. The number of ether oxygens (including phenoxy) is 1. The van der Waals surface area contributed by atoms with E-state index in [9.17, 15) is 4.79 Å². The topological polar surface area (TPSA) is 72.5 Å². The van der Waals surface area contributed by atoms with Crippen molar-refractivity contribution in [1.29, 1.82) is 0 Å². The van der Waals surface area contributed by atoms with Gasteiger partial charge in [-0.3, -0.25) is 4.79 Å². The van der Waals surface area contributed by atoms with Gasteiger partial charge < -0.3 is 15.6 Å². The number of rotatable bonds is 9. The molecule has 4 nitrogen and oxygen atoms in total. The second-order valence-corrected chi connectivity index (χ2v) is 6.93. The van der Waals surface area contributed by atoms with Crippen LogP contribution >= 0.6 is 0 Å². The quantitative estimate of drug-likeness (QED) is 0.626. The van der Waals surface area contributed by atoms with Crippen molar-refractivity contribution < 1.29 is 14.6 Å². The minimum absolute atomic E-state index is 0.382. The molecule has 3 N–H and O–H groups in total. The standard InChI is InChI=1S/C20H31NO3/c1-2-17-12-13-24-19(17)9-4-3-6-15-7-5-8-16(11-10-15)14-18(21)20(22)23/h5,8,10-11,17-19H,2-4,6-7,9,12-14,21H2,1H3,(H,22,23). The van der Waals surface area contributed by atoms with Crippen LogP contribution in [0.2, 0.25) is 0 Å². The summed E-state index contributed by atoms with van der Waals surface area (Å²) in [6.45, 7) is 3.19. The van der Waals surface area contributed by atoms with E-state index < -0.39 is 12.0 Å². The van der Waals surface area contributed by atoms with Gasteiger partial charge in [-0.25, -0.2) is 0 Å². The van der Waals surface area contributed by atoms with Gasteiger partial charge in [0, 0.05) is 6.61 Å². The molecular formula is C20H31NO3. The van der Waals surface area contributed by atoms with Crippen LogP contribution in [-0.2, 0) is 9.53 Å². The highest BCUT2D eigenvalue weighted by molar-refractivity contribution is 5.73. The van der Waals surface area contributed by atoms with Crippen molar-refractivity contribution in [2.75, 3.05) is 6.61 Å². The second-order valence-electron chi connectivity index (χ2n) is 6.93. The Hall–Kier alpha value is -1.39. The molecule has 0 saturated carbocycles. The van der Waals surface area contributed by atoms with E-state index in [0.29, 0.717) is 12.5 Å². The van der Waals surface area contributed by atoms with E-state index in [1.54, 1.807) is 0 Å². The van der Waals surface area contributed by atoms with E-state index in [2.05, 4.69) is 19.1 Å². The zero-order chi connectivity index (χ0) is 17.4. The molecule has 0 aromatic rings. The van der Waals surface area contributed by atoms with Crippen LogP contribution in [0.15, 0.2) is 35.5 Å². The SMILES string of the molecule is CCC1CCOC1CCCCC1=CC=C(CC(N)C(=O)O)C=CC1. The smallest absolute Gasteiger partial charge is 0.320 e. The molecule has 1 heterocycles. The second kappa shape index (κ2) is 9.80. The Kier molecular flexibility index (Phi) is 7.73. The molecule has 1 saturated heterocycles. The molecule has 0 amide bonds. The molecule has 1 fully saturated rings. The fourth-order valence-electron chi connectivity index (χ4n) is 3.55. The predicted molar refractivity (Wildman–Crippen MR) is 96.8 cm³/mol. The van der Waals surface area contributed by atoms with Gasteiger partial charge in [-0.15, -0.1) is 0 Å². The Morgan fingerprint density at radius 3 is 3.00 bits per heavy atom. The first-order valence-corrected chi connectivity index (χ1v) is 9.25. The Bertz CT molecular complexity index is 507. The Balaban J connectivity index is 1.73. The summed E-state index contributed by atoms with van der Waals surface area (Å²) >= 11 is 0. The van der Waals surface area contributed by atoms with Crippen molar-refractivity contribution >= 4 is 5.97 Å². The summed E-state index contributed by atoms with van der Waals surface area (Å²) in [5, 5.41) is 8.90. The summed E-state index contributed by atoms with van der Waals surface area (Å²) in [5.41, 5.74) is 8.00. The van der Waals surface area contributed by atoms with Crippen LogP contribution in [0.5, 0.6) is 0 Å². The van der Waals surface area contributed by atoms with E-state index in [4.69, 9.17) is 15.6 Å². The van der Waals surface area contributed by atoms with Gasteiger partial charge in [-0.2, -0.15) is 0 Å². The van der Waals surface area contributed by atoms with Gasteiger partial charge in [0.1, 0.15) is 6.04 Å². The third-order valence-electron chi connectivity index (χ3n) is 5.13. The van der Waals surface area contributed by atoms with Gasteiger partial charge in [0.15, 0.2) is 0 Å². The van der Waals surface area contributed by atoms with Crippen LogP contribution in [0.3, 0.4) is 0 Å². The zero-order valence-electron chi connectivity index (χ0n) is 14.7. The third kappa shape index (κ3) is 5.91. The average molecular weight is 333 g/mol. The first kappa shape index (κ1) is 18.9. The fraction of sp³-hybridized carbons (Fsp3) is 0.650. The molecule has 4 heteroatoms. The van der Waals surface area contributed by atoms with Gasteiger partial charge in [0.2, 0.25) is 0 Å². The lowest BCUT2D eigenvalue weighted by atomic mass is 9.94. The predicted octanol–water partition coefficient (Wildman–Crippen LogP) is 3.98. The van der Waals surface area contributed by atoms with Crippen LogP contribution in [0, 0.1) is 5.92 Å². The molecule has 1 aliphatic carbocycles. The summed E-state index contributed by atoms with van der Waals surface area (Å²) in [6.07, 6.45) is 17.2. The Labute approximate surface area is 145 Å². The molecule has 0 aromatic carbocycles. The summed E-state index contributed by atoms with van der Waals surface area (Å²) in [6, 6.07) is -0.825. The molecule has 0 spiro atoms. The van der Waals surface area contributed by atoms with Crippen LogP contribution in [0.25, 0.3) is 0 Å². The number of hydrogen-bond donors (Lipinski definition) is 2. The number of carboxylic acid groups (broad SMARTS) is 1. The van der Waals surface area contributed by atoms with Crippen LogP contribution in [0.4, 0.5) is 0 Å². The summed E-state index contributed by atoms with van der Waals surface area (Å²) in [4.78, 5) is 10.8. The normalized spacial score (nSPS) is 25.1. The highest BCUT2D eigenvalue weighted by Crippen LogP contribution is 2.28. The van der Waals surface area contributed by atoms with Crippen molar-refractivity contribution in [3.05, 3.63) is 35.5 Å². The largest absolute Gasteiger partial charge is 0.480 e. The number of nitrogens with two attached hydrogens (primary N) is 1. The van der Waals surface area contributed by atoms with Crippen molar-refractivity contribution in [3.8, 4) is 0 Å². The number of allylic oxidation sites excluding steroid dienone is 5. The van der Waals surface area contributed by atoms with Crippen molar-refractivity contribution in [3.63, 3.8) is 0 Å². The zero-order valence-corrected chi connectivity index (χ0v) is 14.7. The Morgan fingerprint density at radius 1 is 1.42 bits per heavy atom. The molecule has 1 aliphatic heterocycles.